The van der Waals surface area contributed by atoms with Crippen LogP contribution in [0.5, 0.6) is 0 Å². The van der Waals surface area contributed by atoms with Crippen molar-refractivity contribution in [1.29, 1.82) is 0 Å². The SMILES string of the molecule is C=Nc1nc(/N=C(/C)c2ccc(C(=C)C)cc2)c(F)cc1F. The van der Waals surface area contributed by atoms with E-state index >= 15 is 0 Å². The number of pyridine rings is 1. The smallest absolute Gasteiger partial charge is 0.190 e. The lowest BCUT2D eigenvalue weighted by atomic mass is 10.0. The average Bonchev–Trinajstić information content (AvgIpc) is 2.50. The van der Waals surface area contributed by atoms with Crippen molar-refractivity contribution < 1.29 is 8.78 Å². The molecule has 1 heterocycles. The lowest BCUT2D eigenvalue weighted by molar-refractivity contribution is 0.577. The second-order valence-corrected chi connectivity index (χ2v) is 4.81. The van der Waals surface area contributed by atoms with Crippen LogP contribution in [-0.4, -0.2) is 17.4 Å². The molecule has 0 bridgehead atoms. The largest absolute Gasteiger partial charge is 0.242 e. The van der Waals surface area contributed by atoms with Crippen molar-refractivity contribution in [3.8, 4) is 0 Å². The Labute approximate surface area is 127 Å². The van der Waals surface area contributed by atoms with Gasteiger partial charge in [-0.25, -0.2) is 23.7 Å². The number of hydrogen-bond acceptors (Lipinski definition) is 3. The number of allylic oxidation sites excluding steroid dienone is 1. The number of aromatic nitrogens is 1. The molecule has 0 aliphatic rings. The van der Waals surface area contributed by atoms with Crippen LogP contribution in [0.3, 0.4) is 0 Å². The quantitative estimate of drug-likeness (QED) is 0.742. The average molecular weight is 299 g/mol. The number of aliphatic imine (C=N–C) groups is 2. The first kappa shape index (κ1) is 15.7. The summed E-state index contributed by atoms with van der Waals surface area (Å²) in [5.41, 5.74) is 3.33. The molecular formula is C17H15F2N3. The van der Waals surface area contributed by atoms with Crippen LogP contribution in [0, 0.1) is 11.6 Å². The van der Waals surface area contributed by atoms with Gasteiger partial charge in [0, 0.05) is 11.8 Å². The Morgan fingerprint density at radius 3 is 2.09 bits per heavy atom. The van der Waals surface area contributed by atoms with Crippen molar-refractivity contribution in [2.24, 2.45) is 9.98 Å². The first-order valence-electron chi connectivity index (χ1n) is 6.56. The van der Waals surface area contributed by atoms with Gasteiger partial charge in [0.15, 0.2) is 23.3 Å². The van der Waals surface area contributed by atoms with Gasteiger partial charge in [0.2, 0.25) is 0 Å². The monoisotopic (exact) mass is 299 g/mol. The summed E-state index contributed by atoms with van der Waals surface area (Å²) in [6, 6.07) is 8.23. The molecule has 0 spiro atoms. The van der Waals surface area contributed by atoms with Gasteiger partial charge in [0.1, 0.15) is 0 Å². The van der Waals surface area contributed by atoms with Crippen molar-refractivity contribution in [1.82, 2.24) is 4.98 Å². The Hall–Kier alpha value is -2.69. The highest BCUT2D eigenvalue weighted by molar-refractivity contribution is 6.00. The second kappa shape index (κ2) is 6.39. The van der Waals surface area contributed by atoms with Crippen LogP contribution >= 0.6 is 0 Å². The van der Waals surface area contributed by atoms with Gasteiger partial charge in [-0.2, -0.15) is 0 Å². The standard InChI is InChI=1S/C17H15F2N3/c1-10(2)12-5-7-13(8-6-12)11(3)21-17-15(19)9-14(18)16(20-4)22-17/h5-9H,1,4H2,2-3H3/b21-11-. The van der Waals surface area contributed by atoms with Crippen molar-refractivity contribution in [3.05, 3.63) is 59.7 Å². The normalized spacial score (nSPS) is 11.4. The van der Waals surface area contributed by atoms with Crippen molar-refractivity contribution >= 4 is 29.6 Å². The van der Waals surface area contributed by atoms with E-state index in [1.165, 1.54) is 0 Å². The van der Waals surface area contributed by atoms with E-state index in [1.54, 1.807) is 6.92 Å². The molecule has 5 heteroatoms. The van der Waals surface area contributed by atoms with E-state index in [2.05, 4.69) is 28.3 Å². The summed E-state index contributed by atoms with van der Waals surface area (Å²) in [5.74, 6) is -2.20. The van der Waals surface area contributed by atoms with Gasteiger partial charge in [-0.1, -0.05) is 36.4 Å². The molecule has 0 amide bonds. The zero-order valence-corrected chi connectivity index (χ0v) is 12.4. The molecule has 0 aliphatic heterocycles. The van der Waals surface area contributed by atoms with Crippen LogP contribution in [-0.2, 0) is 0 Å². The Morgan fingerprint density at radius 1 is 1.00 bits per heavy atom. The predicted octanol–water partition coefficient (Wildman–Crippen LogP) is 4.87. The van der Waals surface area contributed by atoms with E-state index < -0.39 is 11.6 Å². The van der Waals surface area contributed by atoms with E-state index in [0.29, 0.717) is 11.8 Å². The van der Waals surface area contributed by atoms with Crippen LogP contribution in [0.1, 0.15) is 25.0 Å². The minimum Gasteiger partial charge on any atom is -0.242 e. The van der Waals surface area contributed by atoms with Gasteiger partial charge in [0.05, 0.1) is 0 Å². The lowest BCUT2D eigenvalue weighted by Gasteiger charge is -2.05. The van der Waals surface area contributed by atoms with Crippen LogP contribution in [0.2, 0.25) is 0 Å². The van der Waals surface area contributed by atoms with Gasteiger partial charge >= 0.3 is 0 Å². The lowest BCUT2D eigenvalue weighted by Crippen LogP contribution is -1.96. The van der Waals surface area contributed by atoms with Crippen LogP contribution < -0.4 is 0 Å². The van der Waals surface area contributed by atoms with Gasteiger partial charge < -0.3 is 0 Å². The maximum atomic E-state index is 13.7. The number of rotatable bonds is 4. The summed E-state index contributed by atoms with van der Waals surface area (Å²) < 4.78 is 27.0. The van der Waals surface area contributed by atoms with Gasteiger partial charge in [-0.15, -0.1) is 0 Å². The molecule has 2 aromatic rings. The first-order chi connectivity index (χ1) is 10.4. The topological polar surface area (TPSA) is 37.6 Å². The molecular weight excluding hydrogens is 284 g/mol. The van der Waals surface area contributed by atoms with Crippen LogP contribution in [0.4, 0.5) is 20.4 Å². The molecule has 0 atom stereocenters. The van der Waals surface area contributed by atoms with Gasteiger partial charge in [-0.3, -0.25) is 0 Å². The predicted molar refractivity (Wildman–Crippen MR) is 86.4 cm³/mol. The molecule has 3 nitrogen and oxygen atoms in total. The summed E-state index contributed by atoms with van der Waals surface area (Å²) in [7, 11) is 0. The third-order valence-electron chi connectivity index (χ3n) is 3.11. The molecule has 1 aromatic heterocycles. The number of benzene rings is 1. The minimum atomic E-state index is -0.866. The highest BCUT2D eigenvalue weighted by Crippen LogP contribution is 2.24. The second-order valence-electron chi connectivity index (χ2n) is 4.81. The summed E-state index contributed by atoms with van der Waals surface area (Å²) in [6.07, 6.45) is 0. The Morgan fingerprint density at radius 2 is 1.55 bits per heavy atom. The number of halogens is 2. The molecule has 22 heavy (non-hydrogen) atoms. The molecule has 0 unspecified atom stereocenters. The van der Waals surface area contributed by atoms with E-state index in [4.69, 9.17) is 0 Å². The summed E-state index contributed by atoms with van der Waals surface area (Å²) in [4.78, 5) is 11.2. The summed E-state index contributed by atoms with van der Waals surface area (Å²) >= 11 is 0. The third-order valence-corrected chi connectivity index (χ3v) is 3.11. The van der Waals surface area contributed by atoms with Gasteiger partial charge in [0.25, 0.3) is 0 Å². The van der Waals surface area contributed by atoms with Crippen molar-refractivity contribution in [3.63, 3.8) is 0 Å². The molecule has 2 rings (SSSR count). The highest BCUT2D eigenvalue weighted by atomic mass is 19.1. The molecule has 0 radical (unpaired) electrons. The molecule has 0 N–H and O–H groups in total. The van der Waals surface area contributed by atoms with Crippen LogP contribution in [0.15, 0.2) is 46.9 Å². The zero-order chi connectivity index (χ0) is 16.3. The molecule has 1 aromatic carbocycles. The van der Waals surface area contributed by atoms with E-state index in [1.807, 2.05) is 31.2 Å². The van der Waals surface area contributed by atoms with E-state index in [-0.39, 0.29) is 11.6 Å². The Kier molecular flexibility index (Phi) is 4.56. The van der Waals surface area contributed by atoms with Crippen molar-refractivity contribution in [2.45, 2.75) is 13.8 Å². The molecule has 0 saturated heterocycles. The Bertz CT molecular complexity index is 762. The molecule has 0 saturated carbocycles. The molecule has 112 valence electrons. The fourth-order valence-corrected chi connectivity index (χ4v) is 1.86. The zero-order valence-electron chi connectivity index (χ0n) is 12.4. The summed E-state index contributed by atoms with van der Waals surface area (Å²) in [6.45, 7) is 10.7. The fraction of sp³-hybridized carbons (Fsp3) is 0.118. The number of hydrogen-bond donors (Lipinski definition) is 0. The maximum Gasteiger partial charge on any atom is 0.190 e. The van der Waals surface area contributed by atoms with E-state index in [0.717, 1.165) is 16.7 Å². The fourth-order valence-electron chi connectivity index (χ4n) is 1.86. The van der Waals surface area contributed by atoms with Crippen molar-refractivity contribution in [2.75, 3.05) is 0 Å². The first-order valence-corrected chi connectivity index (χ1v) is 6.56. The third kappa shape index (κ3) is 3.31. The van der Waals surface area contributed by atoms with E-state index in [9.17, 15) is 8.78 Å². The summed E-state index contributed by atoms with van der Waals surface area (Å²) in [5, 5.41) is 0. The molecule has 0 fully saturated rings. The molecule has 0 aliphatic carbocycles. The minimum absolute atomic E-state index is 0.217. The highest BCUT2D eigenvalue weighted by Gasteiger charge is 2.11. The van der Waals surface area contributed by atoms with Gasteiger partial charge in [-0.05, 0) is 31.7 Å². The van der Waals surface area contributed by atoms with Crippen LogP contribution in [0.25, 0.3) is 5.57 Å². The maximum absolute atomic E-state index is 13.7. The Balaban J connectivity index is 2.40. The number of nitrogens with zero attached hydrogens (tertiary/aromatic N) is 3.